The van der Waals surface area contributed by atoms with Gasteiger partial charge in [0.25, 0.3) is 5.91 Å². The summed E-state index contributed by atoms with van der Waals surface area (Å²) >= 11 is 0. The molecule has 20 heavy (non-hydrogen) atoms. The number of hydrogen-bond acceptors (Lipinski definition) is 4. The van der Waals surface area contributed by atoms with Crippen LogP contribution in [0, 0.1) is 0 Å². The molecule has 0 aliphatic rings. The Kier molecular flexibility index (Phi) is 4.20. The van der Waals surface area contributed by atoms with Crippen LogP contribution in [0.25, 0.3) is 0 Å². The van der Waals surface area contributed by atoms with Gasteiger partial charge in [0.1, 0.15) is 0 Å². The number of benzene rings is 1. The highest BCUT2D eigenvalue weighted by molar-refractivity contribution is 5.98. The summed E-state index contributed by atoms with van der Waals surface area (Å²) in [6, 6.07) is 8.91. The molecule has 0 atom stereocenters. The van der Waals surface area contributed by atoms with E-state index < -0.39 is 0 Å². The Morgan fingerprint density at radius 3 is 2.65 bits per heavy atom. The van der Waals surface area contributed by atoms with E-state index in [9.17, 15) is 4.79 Å². The summed E-state index contributed by atoms with van der Waals surface area (Å²) in [6.45, 7) is 0.499. The number of para-hydroxylation sites is 1. The van der Waals surface area contributed by atoms with Crippen molar-refractivity contribution in [3.63, 3.8) is 0 Å². The quantitative estimate of drug-likeness (QED) is 0.863. The van der Waals surface area contributed by atoms with Gasteiger partial charge < -0.3 is 15.4 Å². The first-order chi connectivity index (χ1) is 9.63. The SMILES string of the molecule is COc1c(N)cccc1C(=O)N(C)Cc1ccncc1. The van der Waals surface area contributed by atoms with Gasteiger partial charge in [0.2, 0.25) is 0 Å². The van der Waals surface area contributed by atoms with E-state index in [1.165, 1.54) is 7.11 Å². The van der Waals surface area contributed by atoms with E-state index in [-0.39, 0.29) is 5.91 Å². The summed E-state index contributed by atoms with van der Waals surface area (Å²) in [5.41, 5.74) is 7.75. The van der Waals surface area contributed by atoms with Crippen LogP contribution in [0.15, 0.2) is 42.7 Å². The summed E-state index contributed by atoms with van der Waals surface area (Å²) in [5.74, 6) is 0.282. The third-order valence-electron chi connectivity index (χ3n) is 3.00. The third kappa shape index (κ3) is 2.88. The van der Waals surface area contributed by atoms with Gasteiger partial charge in [-0.05, 0) is 29.8 Å². The van der Waals surface area contributed by atoms with Crippen molar-refractivity contribution in [2.75, 3.05) is 19.9 Å². The maximum Gasteiger partial charge on any atom is 0.257 e. The highest BCUT2D eigenvalue weighted by Crippen LogP contribution is 2.27. The molecule has 0 bridgehead atoms. The van der Waals surface area contributed by atoms with Crippen LogP contribution < -0.4 is 10.5 Å². The molecule has 5 nitrogen and oxygen atoms in total. The summed E-state index contributed by atoms with van der Waals surface area (Å²) in [6.07, 6.45) is 3.41. The maximum absolute atomic E-state index is 12.5. The molecule has 1 aromatic heterocycles. The topological polar surface area (TPSA) is 68.5 Å². The predicted octanol–water partition coefficient (Wildman–Crippen LogP) is 1.94. The van der Waals surface area contributed by atoms with Gasteiger partial charge in [0.15, 0.2) is 5.75 Å². The second-order valence-corrected chi connectivity index (χ2v) is 4.44. The lowest BCUT2D eigenvalue weighted by atomic mass is 10.1. The van der Waals surface area contributed by atoms with Crippen molar-refractivity contribution in [1.82, 2.24) is 9.88 Å². The highest BCUT2D eigenvalue weighted by Gasteiger charge is 2.18. The fraction of sp³-hybridized carbons (Fsp3) is 0.200. The van der Waals surface area contributed by atoms with Crippen molar-refractivity contribution < 1.29 is 9.53 Å². The van der Waals surface area contributed by atoms with Gasteiger partial charge >= 0.3 is 0 Å². The van der Waals surface area contributed by atoms with Crippen molar-refractivity contribution in [3.8, 4) is 5.75 Å². The van der Waals surface area contributed by atoms with E-state index in [0.29, 0.717) is 23.5 Å². The van der Waals surface area contributed by atoms with E-state index in [2.05, 4.69) is 4.98 Å². The van der Waals surface area contributed by atoms with Crippen LogP contribution in [0.3, 0.4) is 0 Å². The van der Waals surface area contributed by atoms with Gasteiger partial charge in [0, 0.05) is 26.0 Å². The summed E-state index contributed by atoms with van der Waals surface area (Å²) in [4.78, 5) is 18.0. The van der Waals surface area contributed by atoms with E-state index >= 15 is 0 Å². The minimum Gasteiger partial charge on any atom is -0.494 e. The Morgan fingerprint density at radius 1 is 1.30 bits per heavy atom. The number of pyridine rings is 1. The van der Waals surface area contributed by atoms with E-state index in [0.717, 1.165) is 5.56 Å². The van der Waals surface area contributed by atoms with Gasteiger partial charge in [-0.3, -0.25) is 9.78 Å². The van der Waals surface area contributed by atoms with Crippen LogP contribution in [0.5, 0.6) is 5.75 Å². The van der Waals surface area contributed by atoms with Crippen molar-refractivity contribution in [1.29, 1.82) is 0 Å². The number of nitrogens with two attached hydrogens (primary N) is 1. The molecule has 5 heteroatoms. The number of ether oxygens (including phenoxy) is 1. The van der Waals surface area contributed by atoms with Gasteiger partial charge in [-0.25, -0.2) is 0 Å². The molecular formula is C15H17N3O2. The average molecular weight is 271 g/mol. The molecule has 2 rings (SSSR count). The van der Waals surface area contributed by atoms with Crippen LogP contribution in [0.4, 0.5) is 5.69 Å². The van der Waals surface area contributed by atoms with Crippen LogP contribution in [0.2, 0.25) is 0 Å². The van der Waals surface area contributed by atoms with Crippen LogP contribution in [-0.2, 0) is 6.54 Å². The molecule has 0 fully saturated rings. The lowest BCUT2D eigenvalue weighted by molar-refractivity contribution is 0.0782. The molecule has 104 valence electrons. The first-order valence-corrected chi connectivity index (χ1v) is 6.20. The summed E-state index contributed by atoms with van der Waals surface area (Å²) in [7, 11) is 3.25. The number of carbonyl (C=O) groups is 1. The average Bonchev–Trinajstić information content (AvgIpc) is 2.47. The zero-order chi connectivity index (χ0) is 14.5. The smallest absolute Gasteiger partial charge is 0.257 e. The zero-order valence-electron chi connectivity index (χ0n) is 11.5. The Hall–Kier alpha value is -2.56. The molecule has 0 aliphatic heterocycles. The number of aromatic nitrogens is 1. The molecule has 0 saturated heterocycles. The number of rotatable bonds is 4. The van der Waals surface area contributed by atoms with Crippen LogP contribution in [-0.4, -0.2) is 29.9 Å². The number of carbonyl (C=O) groups excluding carboxylic acids is 1. The molecular weight excluding hydrogens is 254 g/mol. The lowest BCUT2D eigenvalue weighted by Gasteiger charge is -2.19. The molecule has 0 radical (unpaired) electrons. The molecule has 2 aromatic rings. The van der Waals surface area contributed by atoms with Gasteiger partial charge in [-0.15, -0.1) is 0 Å². The largest absolute Gasteiger partial charge is 0.494 e. The fourth-order valence-electron chi connectivity index (χ4n) is 1.99. The zero-order valence-corrected chi connectivity index (χ0v) is 11.5. The van der Waals surface area contributed by atoms with Crippen molar-refractivity contribution in [2.45, 2.75) is 6.54 Å². The normalized spacial score (nSPS) is 10.1. The molecule has 0 unspecified atom stereocenters. The van der Waals surface area contributed by atoms with Crippen molar-refractivity contribution >= 4 is 11.6 Å². The van der Waals surface area contributed by atoms with Gasteiger partial charge in [-0.1, -0.05) is 6.07 Å². The number of hydrogen-bond donors (Lipinski definition) is 1. The number of nitrogen functional groups attached to an aromatic ring is 1. The highest BCUT2D eigenvalue weighted by atomic mass is 16.5. The number of nitrogens with zero attached hydrogens (tertiary/aromatic N) is 2. The Bertz CT molecular complexity index is 599. The second-order valence-electron chi connectivity index (χ2n) is 4.44. The van der Waals surface area contributed by atoms with E-state index in [1.54, 1.807) is 42.5 Å². The Morgan fingerprint density at radius 2 is 2.00 bits per heavy atom. The first-order valence-electron chi connectivity index (χ1n) is 6.20. The molecule has 2 N–H and O–H groups in total. The van der Waals surface area contributed by atoms with E-state index in [1.807, 2.05) is 12.1 Å². The molecule has 1 aromatic carbocycles. The van der Waals surface area contributed by atoms with Gasteiger partial charge in [0.05, 0.1) is 18.4 Å². The van der Waals surface area contributed by atoms with Crippen LogP contribution in [0.1, 0.15) is 15.9 Å². The molecule has 1 amide bonds. The summed E-state index contributed by atoms with van der Waals surface area (Å²) in [5, 5.41) is 0. The molecule has 0 spiro atoms. The first kappa shape index (κ1) is 13.9. The number of methoxy groups -OCH3 is 1. The summed E-state index contributed by atoms with van der Waals surface area (Å²) < 4.78 is 5.22. The Labute approximate surface area is 118 Å². The minimum absolute atomic E-state index is 0.133. The lowest BCUT2D eigenvalue weighted by Crippen LogP contribution is -2.26. The monoisotopic (exact) mass is 271 g/mol. The standard InChI is InChI=1S/C15H17N3O2/c1-18(10-11-6-8-17-9-7-11)15(19)12-4-3-5-13(16)14(12)20-2/h3-9H,10,16H2,1-2H3. The minimum atomic E-state index is -0.133. The molecule has 1 heterocycles. The fourth-order valence-corrected chi connectivity index (χ4v) is 1.99. The van der Waals surface area contributed by atoms with Crippen LogP contribution >= 0.6 is 0 Å². The Balaban J connectivity index is 2.21. The van der Waals surface area contributed by atoms with Gasteiger partial charge in [-0.2, -0.15) is 0 Å². The third-order valence-corrected chi connectivity index (χ3v) is 3.00. The number of anilines is 1. The van der Waals surface area contributed by atoms with Crippen molar-refractivity contribution in [2.24, 2.45) is 0 Å². The van der Waals surface area contributed by atoms with E-state index in [4.69, 9.17) is 10.5 Å². The maximum atomic E-state index is 12.5. The molecule has 0 aliphatic carbocycles. The van der Waals surface area contributed by atoms with Crippen molar-refractivity contribution in [3.05, 3.63) is 53.9 Å². The molecule has 0 saturated carbocycles. The number of amides is 1. The second kappa shape index (κ2) is 6.06. The predicted molar refractivity (Wildman–Crippen MR) is 77.4 cm³/mol.